The minimum Gasteiger partial charge on any atom is -0.345 e. The summed E-state index contributed by atoms with van der Waals surface area (Å²) in [4.78, 5) is 25.2. The van der Waals surface area contributed by atoms with Crippen molar-refractivity contribution in [3.8, 4) is 5.69 Å². The molecule has 7 nitrogen and oxygen atoms in total. The van der Waals surface area contributed by atoms with Gasteiger partial charge in [0, 0.05) is 16.4 Å². The molecular formula is C25H20Cl2FN5O2S. The van der Waals surface area contributed by atoms with Crippen molar-refractivity contribution in [2.75, 3.05) is 11.1 Å². The van der Waals surface area contributed by atoms with E-state index >= 15 is 0 Å². The number of nitrogens with one attached hydrogen (secondary N) is 2. The summed E-state index contributed by atoms with van der Waals surface area (Å²) in [6.45, 7) is 1.95. The number of carbonyl (C=O) groups is 2. The van der Waals surface area contributed by atoms with Gasteiger partial charge in [-0.15, -0.1) is 10.2 Å². The third-order valence-corrected chi connectivity index (χ3v) is 6.48. The molecule has 3 aromatic carbocycles. The van der Waals surface area contributed by atoms with Gasteiger partial charge in [-0.25, -0.2) is 4.39 Å². The second-order valence-electron chi connectivity index (χ2n) is 7.72. The highest BCUT2D eigenvalue weighted by Gasteiger charge is 2.18. The molecule has 0 bridgehead atoms. The topological polar surface area (TPSA) is 88.9 Å². The zero-order chi connectivity index (χ0) is 25.7. The molecule has 0 radical (unpaired) electrons. The van der Waals surface area contributed by atoms with E-state index in [2.05, 4.69) is 20.8 Å². The molecule has 11 heteroatoms. The Hall–Kier alpha value is -3.40. The van der Waals surface area contributed by atoms with E-state index < -0.39 is 11.7 Å². The summed E-state index contributed by atoms with van der Waals surface area (Å²) in [5.41, 5.74) is 2.57. The number of aryl methyl sites for hydroxylation is 1. The predicted molar refractivity (Wildman–Crippen MR) is 139 cm³/mol. The first-order valence-corrected chi connectivity index (χ1v) is 12.5. The second-order valence-corrected chi connectivity index (χ2v) is 9.51. The van der Waals surface area contributed by atoms with E-state index in [-0.39, 0.29) is 28.8 Å². The third-order valence-electron chi connectivity index (χ3n) is 5.00. The Bertz CT molecular complexity index is 1410. The molecular weight excluding hydrogens is 524 g/mol. The molecule has 0 spiro atoms. The molecule has 0 aliphatic heterocycles. The summed E-state index contributed by atoms with van der Waals surface area (Å²) in [5, 5.41) is 15.0. The molecule has 2 amide bonds. The monoisotopic (exact) mass is 543 g/mol. The van der Waals surface area contributed by atoms with Gasteiger partial charge in [0.05, 0.1) is 22.9 Å². The molecule has 36 heavy (non-hydrogen) atoms. The van der Waals surface area contributed by atoms with Crippen LogP contribution >= 0.6 is 35.0 Å². The highest BCUT2D eigenvalue weighted by Crippen LogP contribution is 2.24. The zero-order valence-electron chi connectivity index (χ0n) is 19.0. The Morgan fingerprint density at radius 3 is 2.53 bits per heavy atom. The van der Waals surface area contributed by atoms with E-state index in [1.54, 1.807) is 22.8 Å². The van der Waals surface area contributed by atoms with E-state index in [4.69, 9.17) is 23.2 Å². The van der Waals surface area contributed by atoms with E-state index in [1.807, 2.05) is 31.2 Å². The summed E-state index contributed by atoms with van der Waals surface area (Å²) in [5.74, 6) is -0.573. The SMILES string of the molecule is Cc1cccc(NC(=O)CSc2nnc(CNC(=O)c3ccc(Cl)cc3Cl)n2-c2ccc(F)cc2)c1. The highest BCUT2D eigenvalue weighted by atomic mass is 35.5. The van der Waals surface area contributed by atoms with Gasteiger partial charge in [-0.1, -0.05) is 47.1 Å². The molecule has 0 aliphatic carbocycles. The summed E-state index contributed by atoms with van der Waals surface area (Å²) >= 11 is 13.2. The van der Waals surface area contributed by atoms with Gasteiger partial charge < -0.3 is 10.6 Å². The van der Waals surface area contributed by atoms with Gasteiger partial charge in [0.2, 0.25) is 5.91 Å². The number of carbonyl (C=O) groups excluding carboxylic acids is 2. The highest BCUT2D eigenvalue weighted by molar-refractivity contribution is 7.99. The van der Waals surface area contributed by atoms with Crippen molar-refractivity contribution in [3.63, 3.8) is 0 Å². The molecule has 0 aliphatic rings. The summed E-state index contributed by atoms with van der Waals surface area (Å²) in [6, 6.07) is 17.8. The van der Waals surface area contributed by atoms with Crippen LogP contribution in [0, 0.1) is 12.7 Å². The Kier molecular flexibility index (Phi) is 8.25. The van der Waals surface area contributed by atoms with E-state index in [0.717, 1.165) is 5.56 Å². The van der Waals surface area contributed by atoms with Crippen LogP contribution in [0.5, 0.6) is 0 Å². The number of hydrogen-bond donors (Lipinski definition) is 2. The van der Waals surface area contributed by atoms with Crippen molar-refractivity contribution in [2.24, 2.45) is 0 Å². The third kappa shape index (κ3) is 6.42. The lowest BCUT2D eigenvalue weighted by atomic mass is 10.2. The van der Waals surface area contributed by atoms with Crippen LogP contribution in [0.15, 0.2) is 71.9 Å². The van der Waals surface area contributed by atoms with Gasteiger partial charge in [-0.3, -0.25) is 14.2 Å². The van der Waals surface area contributed by atoms with Crippen molar-refractivity contribution in [1.82, 2.24) is 20.1 Å². The van der Waals surface area contributed by atoms with Crippen LogP contribution in [0.4, 0.5) is 10.1 Å². The lowest BCUT2D eigenvalue weighted by Crippen LogP contribution is -2.25. The van der Waals surface area contributed by atoms with Crippen LogP contribution in [-0.2, 0) is 11.3 Å². The van der Waals surface area contributed by atoms with Gasteiger partial charge >= 0.3 is 0 Å². The van der Waals surface area contributed by atoms with Crippen LogP contribution < -0.4 is 10.6 Å². The van der Waals surface area contributed by atoms with E-state index in [0.29, 0.717) is 27.4 Å². The molecule has 0 fully saturated rings. The molecule has 0 unspecified atom stereocenters. The van der Waals surface area contributed by atoms with Crippen LogP contribution in [0.25, 0.3) is 5.69 Å². The Labute approximate surface area is 221 Å². The minimum atomic E-state index is -0.419. The molecule has 2 N–H and O–H groups in total. The molecule has 0 saturated heterocycles. The number of halogens is 3. The maximum atomic E-state index is 13.5. The van der Waals surface area contributed by atoms with Crippen LogP contribution in [0.3, 0.4) is 0 Å². The molecule has 1 heterocycles. The number of rotatable bonds is 8. The average Bonchev–Trinajstić information content (AvgIpc) is 3.24. The van der Waals surface area contributed by atoms with Gasteiger partial charge in [-0.2, -0.15) is 0 Å². The Morgan fingerprint density at radius 1 is 1.03 bits per heavy atom. The quantitative estimate of drug-likeness (QED) is 0.279. The Balaban J connectivity index is 1.51. The lowest BCUT2D eigenvalue weighted by Gasteiger charge is -2.12. The normalized spacial score (nSPS) is 10.8. The summed E-state index contributed by atoms with van der Waals surface area (Å²) in [7, 11) is 0. The number of thioether (sulfide) groups is 1. The fraction of sp³-hybridized carbons (Fsp3) is 0.120. The van der Waals surface area contributed by atoms with Gasteiger partial charge in [0.15, 0.2) is 11.0 Å². The van der Waals surface area contributed by atoms with E-state index in [1.165, 1.54) is 36.0 Å². The first-order valence-electron chi connectivity index (χ1n) is 10.7. The second kappa shape index (κ2) is 11.6. The van der Waals surface area contributed by atoms with Crippen molar-refractivity contribution in [3.05, 3.63) is 99.5 Å². The first-order chi connectivity index (χ1) is 17.3. The van der Waals surface area contributed by atoms with Gasteiger partial charge in [0.25, 0.3) is 5.91 Å². The number of aromatic nitrogens is 3. The minimum absolute atomic E-state index is 0.0121. The Morgan fingerprint density at radius 2 is 1.81 bits per heavy atom. The molecule has 1 aromatic heterocycles. The number of amides is 2. The number of benzene rings is 3. The number of nitrogens with zero attached hydrogens (tertiary/aromatic N) is 3. The number of anilines is 1. The number of hydrogen-bond acceptors (Lipinski definition) is 5. The molecule has 0 saturated carbocycles. The molecule has 0 atom stereocenters. The van der Waals surface area contributed by atoms with Crippen molar-refractivity contribution < 1.29 is 14.0 Å². The standard InChI is InChI=1S/C25H20Cl2FN5O2S/c1-15-3-2-4-18(11-15)30-23(34)14-36-25-32-31-22(33(25)19-8-6-17(28)7-9-19)13-29-24(35)20-10-5-16(26)12-21(20)27/h2-12H,13-14H2,1H3,(H,29,35)(H,30,34). The first kappa shape index (κ1) is 25.7. The predicted octanol–water partition coefficient (Wildman–Crippen LogP) is 5.68. The fourth-order valence-electron chi connectivity index (χ4n) is 3.34. The molecule has 4 rings (SSSR count). The fourth-order valence-corrected chi connectivity index (χ4v) is 4.60. The smallest absolute Gasteiger partial charge is 0.253 e. The maximum Gasteiger partial charge on any atom is 0.253 e. The van der Waals surface area contributed by atoms with E-state index in [9.17, 15) is 14.0 Å². The zero-order valence-corrected chi connectivity index (χ0v) is 21.3. The maximum absolute atomic E-state index is 13.5. The van der Waals surface area contributed by atoms with Crippen molar-refractivity contribution in [1.29, 1.82) is 0 Å². The molecule has 4 aromatic rings. The van der Waals surface area contributed by atoms with Crippen LogP contribution in [-0.4, -0.2) is 32.3 Å². The van der Waals surface area contributed by atoms with Gasteiger partial charge in [0.1, 0.15) is 5.82 Å². The molecule has 184 valence electrons. The van der Waals surface area contributed by atoms with Crippen molar-refractivity contribution in [2.45, 2.75) is 18.6 Å². The van der Waals surface area contributed by atoms with Crippen LogP contribution in [0.1, 0.15) is 21.7 Å². The average molecular weight is 544 g/mol. The largest absolute Gasteiger partial charge is 0.345 e. The summed E-state index contributed by atoms with van der Waals surface area (Å²) < 4.78 is 15.2. The van der Waals surface area contributed by atoms with Crippen LogP contribution in [0.2, 0.25) is 10.0 Å². The summed E-state index contributed by atoms with van der Waals surface area (Å²) in [6.07, 6.45) is 0. The van der Waals surface area contributed by atoms with Gasteiger partial charge in [-0.05, 0) is 67.1 Å². The lowest BCUT2D eigenvalue weighted by molar-refractivity contribution is -0.113. The van der Waals surface area contributed by atoms with Crippen molar-refractivity contribution >= 4 is 52.5 Å².